The van der Waals surface area contributed by atoms with Crippen LogP contribution in [0.1, 0.15) is 18.4 Å². The zero-order valence-electron chi connectivity index (χ0n) is 10.1. The number of pyridine rings is 1. The van der Waals surface area contributed by atoms with Crippen LogP contribution in [-0.2, 0) is 16.1 Å². The third kappa shape index (κ3) is 3.27. The third-order valence-corrected chi connectivity index (χ3v) is 3.20. The highest BCUT2D eigenvalue weighted by atomic mass is 16.5. The second kappa shape index (κ2) is 5.77. The molecule has 1 saturated heterocycles. The zero-order valence-corrected chi connectivity index (χ0v) is 10.1. The van der Waals surface area contributed by atoms with E-state index in [1.165, 1.54) is 12.7 Å². The Morgan fingerprint density at radius 3 is 3.00 bits per heavy atom. The lowest BCUT2D eigenvalue weighted by atomic mass is 9.98. The molecule has 0 radical (unpaired) electrons. The molecule has 0 unspecified atom stereocenters. The van der Waals surface area contributed by atoms with E-state index >= 15 is 0 Å². The summed E-state index contributed by atoms with van der Waals surface area (Å²) in [5.74, 6) is -0.0417. The van der Waals surface area contributed by atoms with E-state index in [9.17, 15) is 4.79 Å². The van der Waals surface area contributed by atoms with Crippen molar-refractivity contribution in [2.24, 2.45) is 5.92 Å². The van der Waals surface area contributed by atoms with Gasteiger partial charge in [-0.2, -0.15) is 0 Å². The maximum atomic E-state index is 11.5. The van der Waals surface area contributed by atoms with E-state index in [0.717, 1.165) is 32.5 Å². The number of hydrogen-bond acceptors (Lipinski definition) is 4. The summed E-state index contributed by atoms with van der Waals surface area (Å²) < 4.78 is 4.81. The summed E-state index contributed by atoms with van der Waals surface area (Å²) in [6.45, 7) is 2.74. The largest absolute Gasteiger partial charge is 0.469 e. The number of nitrogens with zero attached hydrogens (tertiary/aromatic N) is 2. The fourth-order valence-electron chi connectivity index (χ4n) is 2.30. The molecule has 2 rings (SSSR count). The summed E-state index contributed by atoms with van der Waals surface area (Å²) in [4.78, 5) is 17.8. The molecule has 0 bridgehead atoms. The van der Waals surface area contributed by atoms with Gasteiger partial charge in [-0.25, -0.2) is 0 Å². The molecule has 0 saturated carbocycles. The van der Waals surface area contributed by atoms with E-state index in [1.54, 1.807) is 12.4 Å². The number of hydrogen-bond donors (Lipinski definition) is 0. The van der Waals surface area contributed by atoms with Gasteiger partial charge in [-0.1, -0.05) is 0 Å². The number of ether oxygens (including phenoxy) is 1. The molecule has 1 aromatic rings. The lowest BCUT2D eigenvalue weighted by Gasteiger charge is -2.31. The Hall–Kier alpha value is -1.42. The van der Waals surface area contributed by atoms with Gasteiger partial charge in [0.2, 0.25) is 0 Å². The van der Waals surface area contributed by atoms with Crippen LogP contribution >= 0.6 is 0 Å². The number of rotatable bonds is 3. The number of esters is 1. The number of carbonyl (C=O) groups is 1. The van der Waals surface area contributed by atoms with Crippen molar-refractivity contribution in [2.45, 2.75) is 19.4 Å². The second-order valence-electron chi connectivity index (χ2n) is 4.45. The van der Waals surface area contributed by atoms with Crippen LogP contribution < -0.4 is 0 Å². The third-order valence-electron chi connectivity index (χ3n) is 3.20. The Labute approximate surface area is 102 Å². The number of methoxy groups -OCH3 is 1. The van der Waals surface area contributed by atoms with Gasteiger partial charge in [0.05, 0.1) is 13.0 Å². The molecule has 4 nitrogen and oxygen atoms in total. The van der Waals surface area contributed by atoms with Gasteiger partial charge in [0.25, 0.3) is 0 Å². The SMILES string of the molecule is COC(=O)[C@H]1CCCN(Cc2ccncc2)C1. The molecular formula is C13H18N2O2. The van der Waals surface area contributed by atoms with Crippen molar-refractivity contribution in [3.05, 3.63) is 30.1 Å². The summed E-state index contributed by atoms with van der Waals surface area (Å²) in [7, 11) is 1.46. The highest BCUT2D eigenvalue weighted by Gasteiger charge is 2.26. The van der Waals surface area contributed by atoms with Crippen molar-refractivity contribution in [3.63, 3.8) is 0 Å². The van der Waals surface area contributed by atoms with Crippen molar-refractivity contribution in [1.82, 2.24) is 9.88 Å². The van der Waals surface area contributed by atoms with Crippen LogP contribution in [0.2, 0.25) is 0 Å². The molecule has 1 atom stereocenters. The van der Waals surface area contributed by atoms with Gasteiger partial charge in [-0.15, -0.1) is 0 Å². The van der Waals surface area contributed by atoms with E-state index < -0.39 is 0 Å². The minimum absolute atomic E-state index is 0.0376. The number of likely N-dealkylation sites (tertiary alicyclic amines) is 1. The minimum Gasteiger partial charge on any atom is -0.469 e. The van der Waals surface area contributed by atoms with E-state index in [2.05, 4.69) is 9.88 Å². The predicted molar refractivity (Wildman–Crippen MR) is 64.3 cm³/mol. The number of piperidine rings is 1. The maximum absolute atomic E-state index is 11.5. The van der Waals surface area contributed by atoms with E-state index in [4.69, 9.17) is 4.74 Å². The van der Waals surface area contributed by atoms with Crippen molar-refractivity contribution in [2.75, 3.05) is 20.2 Å². The highest BCUT2D eigenvalue weighted by molar-refractivity contribution is 5.72. The Kier molecular flexibility index (Phi) is 4.09. The van der Waals surface area contributed by atoms with Gasteiger partial charge in [0.15, 0.2) is 0 Å². The van der Waals surface area contributed by atoms with Gasteiger partial charge in [0.1, 0.15) is 0 Å². The molecule has 92 valence electrons. The predicted octanol–water partition coefficient (Wildman–Crippen LogP) is 1.47. The van der Waals surface area contributed by atoms with Crippen LogP contribution in [0.15, 0.2) is 24.5 Å². The highest BCUT2D eigenvalue weighted by Crippen LogP contribution is 2.19. The average Bonchev–Trinajstić information content (AvgIpc) is 2.39. The summed E-state index contributed by atoms with van der Waals surface area (Å²) in [6.07, 6.45) is 5.61. The van der Waals surface area contributed by atoms with Gasteiger partial charge >= 0.3 is 5.97 Å². The topological polar surface area (TPSA) is 42.4 Å². The molecule has 0 amide bonds. The minimum atomic E-state index is -0.0792. The first-order valence-corrected chi connectivity index (χ1v) is 5.98. The molecule has 0 N–H and O–H groups in total. The van der Waals surface area contributed by atoms with Gasteiger partial charge in [-0.05, 0) is 37.1 Å². The molecule has 4 heteroatoms. The van der Waals surface area contributed by atoms with Crippen molar-refractivity contribution < 1.29 is 9.53 Å². The van der Waals surface area contributed by atoms with Crippen LogP contribution in [-0.4, -0.2) is 36.1 Å². The van der Waals surface area contributed by atoms with Crippen LogP contribution in [0.25, 0.3) is 0 Å². The van der Waals surface area contributed by atoms with E-state index in [0.29, 0.717) is 0 Å². The number of aromatic nitrogens is 1. The first-order valence-electron chi connectivity index (χ1n) is 5.98. The van der Waals surface area contributed by atoms with Gasteiger partial charge < -0.3 is 4.74 Å². The quantitative estimate of drug-likeness (QED) is 0.743. The normalized spacial score (nSPS) is 21.1. The lowest BCUT2D eigenvalue weighted by molar-refractivity contribution is -0.147. The molecule has 0 spiro atoms. The maximum Gasteiger partial charge on any atom is 0.309 e. The second-order valence-corrected chi connectivity index (χ2v) is 4.45. The van der Waals surface area contributed by atoms with E-state index in [1.807, 2.05) is 12.1 Å². The molecule has 1 aromatic heterocycles. The Balaban J connectivity index is 1.92. The van der Waals surface area contributed by atoms with Crippen LogP contribution in [0.3, 0.4) is 0 Å². The molecule has 17 heavy (non-hydrogen) atoms. The summed E-state index contributed by atoms with van der Waals surface area (Å²) in [6, 6.07) is 4.03. The Morgan fingerprint density at radius 1 is 1.53 bits per heavy atom. The smallest absolute Gasteiger partial charge is 0.309 e. The molecule has 1 aliphatic rings. The molecule has 0 aliphatic carbocycles. The zero-order chi connectivity index (χ0) is 12.1. The van der Waals surface area contributed by atoms with Gasteiger partial charge in [0, 0.05) is 25.5 Å². The fourth-order valence-corrected chi connectivity index (χ4v) is 2.30. The molecule has 0 aromatic carbocycles. The van der Waals surface area contributed by atoms with Crippen LogP contribution in [0, 0.1) is 5.92 Å². The molecular weight excluding hydrogens is 216 g/mol. The first-order chi connectivity index (χ1) is 8.29. The molecule has 2 heterocycles. The fraction of sp³-hybridized carbons (Fsp3) is 0.538. The first kappa shape index (κ1) is 12.0. The summed E-state index contributed by atoms with van der Waals surface area (Å²) in [5.41, 5.74) is 1.24. The van der Waals surface area contributed by atoms with Crippen molar-refractivity contribution >= 4 is 5.97 Å². The van der Waals surface area contributed by atoms with Crippen LogP contribution in [0.4, 0.5) is 0 Å². The average molecular weight is 234 g/mol. The molecule has 1 aliphatic heterocycles. The van der Waals surface area contributed by atoms with Gasteiger partial charge in [-0.3, -0.25) is 14.7 Å². The van der Waals surface area contributed by atoms with Crippen molar-refractivity contribution in [1.29, 1.82) is 0 Å². The van der Waals surface area contributed by atoms with Crippen LogP contribution in [0.5, 0.6) is 0 Å². The lowest BCUT2D eigenvalue weighted by Crippen LogP contribution is -2.38. The Morgan fingerprint density at radius 2 is 2.29 bits per heavy atom. The monoisotopic (exact) mass is 234 g/mol. The Bertz CT molecular complexity index is 367. The summed E-state index contributed by atoms with van der Waals surface area (Å²) in [5, 5.41) is 0. The number of carbonyl (C=O) groups excluding carboxylic acids is 1. The van der Waals surface area contributed by atoms with E-state index in [-0.39, 0.29) is 11.9 Å². The standard InChI is InChI=1S/C13H18N2O2/c1-17-13(16)12-3-2-8-15(10-12)9-11-4-6-14-7-5-11/h4-7,12H,2-3,8-10H2,1H3/t12-/m0/s1. The van der Waals surface area contributed by atoms with Crippen molar-refractivity contribution in [3.8, 4) is 0 Å². The summed E-state index contributed by atoms with van der Waals surface area (Å²) >= 11 is 0. The molecule has 1 fully saturated rings.